The van der Waals surface area contributed by atoms with Gasteiger partial charge in [-0.2, -0.15) is 4.68 Å². The molecule has 5 aromatic rings. The summed E-state index contributed by atoms with van der Waals surface area (Å²) in [7, 11) is -0.584. The van der Waals surface area contributed by atoms with Crippen LogP contribution in [-0.4, -0.2) is 84.9 Å². The van der Waals surface area contributed by atoms with Crippen LogP contribution in [0.4, 0.5) is 15.0 Å². The summed E-state index contributed by atoms with van der Waals surface area (Å²) in [6, 6.07) is 14.9. The second kappa shape index (κ2) is 12.7. The van der Waals surface area contributed by atoms with E-state index in [0.717, 1.165) is 10.8 Å². The number of hydrogen-bond donors (Lipinski definition) is 0. The first-order valence-electron chi connectivity index (χ1n) is 17.1. The number of amides is 2. The number of carbonyl (C=O) groups is 2. The van der Waals surface area contributed by atoms with Crippen molar-refractivity contribution in [2.45, 2.75) is 84.2 Å². The van der Waals surface area contributed by atoms with Crippen molar-refractivity contribution < 1.29 is 28.0 Å². The molecule has 0 unspecified atom stereocenters. The van der Waals surface area contributed by atoms with Gasteiger partial charge in [-0.3, -0.25) is 9.69 Å². The molecule has 3 aromatic heterocycles. The Morgan fingerprint density at radius 1 is 1.00 bits per heavy atom. The van der Waals surface area contributed by atoms with Crippen molar-refractivity contribution >= 4 is 52.3 Å². The lowest BCUT2D eigenvalue weighted by molar-refractivity contribution is 0.00578. The van der Waals surface area contributed by atoms with E-state index in [9.17, 15) is 9.59 Å². The molecule has 7 rings (SSSR count). The van der Waals surface area contributed by atoms with Crippen LogP contribution in [0, 0.1) is 5.82 Å². The van der Waals surface area contributed by atoms with Crippen molar-refractivity contribution in [2.75, 3.05) is 18.0 Å². The highest BCUT2D eigenvalue weighted by Gasteiger charge is 2.51. The van der Waals surface area contributed by atoms with Crippen molar-refractivity contribution in [1.29, 1.82) is 0 Å². The smallest absolute Gasteiger partial charge is 0.444 e. The highest BCUT2D eigenvalue weighted by molar-refractivity contribution is 6.62. The lowest BCUT2D eigenvalue weighted by Gasteiger charge is -2.39. The molecule has 0 spiro atoms. The summed E-state index contributed by atoms with van der Waals surface area (Å²) in [5.41, 5.74) is 0.321. The van der Waals surface area contributed by atoms with Crippen molar-refractivity contribution in [3.05, 3.63) is 78.4 Å². The minimum Gasteiger partial charge on any atom is -0.444 e. The van der Waals surface area contributed by atoms with E-state index in [1.54, 1.807) is 35.5 Å². The van der Waals surface area contributed by atoms with Gasteiger partial charge in [-0.15, -0.1) is 5.10 Å². The van der Waals surface area contributed by atoms with Crippen LogP contribution in [0.15, 0.2) is 67.0 Å². The zero-order valence-corrected chi connectivity index (χ0v) is 29.9. The largest absolute Gasteiger partial charge is 0.494 e. The summed E-state index contributed by atoms with van der Waals surface area (Å²) in [5.74, 6) is -0.985. The first-order valence-corrected chi connectivity index (χ1v) is 17.1. The zero-order chi connectivity index (χ0) is 36.3. The topological polar surface area (TPSA) is 125 Å². The molecule has 0 N–H and O–H groups in total. The number of piperidine rings is 1. The van der Waals surface area contributed by atoms with Crippen LogP contribution in [0.1, 0.15) is 71.7 Å². The third kappa shape index (κ3) is 6.53. The molecule has 5 heterocycles. The minimum atomic E-state index is -0.745. The number of nitrogens with zero attached hydrogens (tertiary/aromatic N) is 7. The van der Waals surface area contributed by atoms with Crippen LogP contribution in [0.5, 0.6) is 0 Å². The average molecular weight is 694 g/mol. The number of likely N-dealkylation sites (tertiary alicyclic amines) is 1. The summed E-state index contributed by atoms with van der Waals surface area (Å²) in [5, 5.41) is 9.73. The molecule has 0 bridgehead atoms. The molecule has 0 saturated carbocycles. The van der Waals surface area contributed by atoms with E-state index in [2.05, 4.69) is 15.3 Å². The fraction of sp³-hybridized carbons (Fsp3) is 0.405. The molecular weight excluding hydrogens is 652 g/mol. The van der Waals surface area contributed by atoms with Gasteiger partial charge in [0.25, 0.3) is 5.91 Å². The number of fused-ring (bicyclic) bond motifs is 2. The van der Waals surface area contributed by atoms with Crippen LogP contribution >= 0.6 is 0 Å². The first kappa shape index (κ1) is 34.5. The Kier molecular flexibility index (Phi) is 8.58. The number of ether oxygens (including phenoxy) is 1. The van der Waals surface area contributed by atoms with E-state index in [0.29, 0.717) is 47.4 Å². The number of anilines is 1. The van der Waals surface area contributed by atoms with E-state index >= 15 is 4.39 Å². The molecule has 2 fully saturated rings. The van der Waals surface area contributed by atoms with Gasteiger partial charge in [-0.1, -0.05) is 23.4 Å². The maximum atomic E-state index is 16.1. The molecular formula is C37H41BFN7O5. The second-order valence-electron chi connectivity index (χ2n) is 15.1. The minimum absolute atomic E-state index is 0.154. The van der Waals surface area contributed by atoms with Gasteiger partial charge < -0.3 is 18.9 Å². The van der Waals surface area contributed by atoms with Gasteiger partial charge in [0.15, 0.2) is 5.65 Å². The van der Waals surface area contributed by atoms with E-state index in [4.69, 9.17) is 19.0 Å². The Balaban J connectivity index is 1.28. The number of carbonyl (C=O) groups excluding carboxylic acids is 2. The molecule has 2 aliphatic rings. The fourth-order valence-corrected chi connectivity index (χ4v) is 6.47. The van der Waals surface area contributed by atoms with Crippen LogP contribution in [0.25, 0.3) is 27.6 Å². The predicted octanol–water partition coefficient (Wildman–Crippen LogP) is 5.85. The fourth-order valence-electron chi connectivity index (χ4n) is 6.47. The van der Waals surface area contributed by atoms with Gasteiger partial charge in [0, 0.05) is 36.9 Å². The van der Waals surface area contributed by atoms with Crippen molar-refractivity contribution in [3.63, 3.8) is 0 Å². The van der Waals surface area contributed by atoms with Crippen molar-refractivity contribution in [1.82, 2.24) is 29.9 Å². The maximum absolute atomic E-state index is 16.1. The number of rotatable bonds is 5. The van der Waals surface area contributed by atoms with Gasteiger partial charge >= 0.3 is 13.2 Å². The SMILES string of the molecule is CC(C)(C)OC(=O)N1CCC[C@@H](N(C(=O)c2ccc(-n3nnc4cccnc43)cc2F)c2nccc3cc(B4OC(C)(C)C(C)(C)O4)ccc23)C1. The number of aromatic nitrogens is 5. The van der Waals surface area contributed by atoms with Gasteiger partial charge in [0.05, 0.1) is 28.5 Å². The second-order valence-corrected chi connectivity index (χ2v) is 15.1. The third-order valence-corrected chi connectivity index (χ3v) is 9.79. The van der Waals surface area contributed by atoms with Gasteiger partial charge in [0.2, 0.25) is 0 Å². The Hall–Kier alpha value is -4.95. The van der Waals surface area contributed by atoms with E-state index in [-0.39, 0.29) is 12.1 Å². The molecule has 2 aromatic carbocycles. The average Bonchev–Trinajstić information content (AvgIpc) is 3.60. The highest BCUT2D eigenvalue weighted by atomic mass is 19.1. The van der Waals surface area contributed by atoms with E-state index in [1.165, 1.54) is 21.7 Å². The number of pyridine rings is 2. The maximum Gasteiger partial charge on any atom is 0.494 e. The molecule has 14 heteroatoms. The predicted molar refractivity (Wildman–Crippen MR) is 192 cm³/mol. The number of halogens is 1. The quantitative estimate of drug-likeness (QED) is 0.209. The molecule has 1 atom stereocenters. The van der Waals surface area contributed by atoms with Crippen LogP contribution < -0.4 is 10.4 Å². The van der Waals surface area contributed by atoms with Crippen LogP contribution in [0.3, 0.4) is 0 Å². The van der Waals surface area contributed by atoms with Gasteiger partial charge in [-0.05, 0) is 102 Å². The lowest BCUT2D eigenvalue weighted by Crippen LogP contribution is -2.53. The number of benzene rings is 2. The molecule has 2 aliphatic heterocycles. The molecule has 12 nitrogen and oxygen atoms in total. The summed E-state index contributed by atoms with van der Waals surface area (Å²) >= 11 is 0. The molecule has 51 heavy (non-hydrogen) atoms. The molecule has 0 radical (unpaired) electrons. The summed E-state index contributed by atoms with van der Waals surface area (Å²) < 4.78 is 35.8. The standard InChI is InChI=1S/C37H41BFN7O5/c1-35(2,3)49-34(48)44-19-9-10-26(22-44)45(33(47)28-15-13-25(21-29(28)39)46-32-30(42-43-46)11-8-17-40-32)31-27-14-12-24(20-23(27)16-18-41-31)38-50-36(4,5)37(6,7)51-38/h8,11-18,20-21,26H,9-10,19,22H2,1-7H3/t26-/m1/s1. The molecule has 2 saturated heterocycles. The Morgan fingerprint density at radius 2 is 1.76 bits per heavy atom. The summed E-state index contributed by atoms with van der Waals surface area (Å²) in [6.07, 6.45) is 3.93. The highest BCUT2D eigenvalue weighted by Crippen LogP contribution is 2.37. The Bertz CT molecular complexity index is 2130. The van der Waals surface area contributed by atoms with E-state index < -0.39 is 47.8 Å². The number of hydrogen-bond acceptors (Lipinski definition) is 9. The molecule has 0 aliphatic carbocycles. The normalized spacial score (nSPS) is 18.7. The van der Waals surface area contributed by atoms with Crippen molar-refractivity contribution in [3.8, 4) is 5.69 Å². The van der Waals surface area contributed by atoms with E-state index in [1.807, 2.05) is 72.7 Å². The van der Waals surface area contributed by atoms with Gasteiger partial charge in [0.1, 0.15) is 22.8 Å². The van der Waals surface area contributed by atoms with Crippen molar-refractivity contribution in [2.24, 2.45) is 0 Å². The Morgan fingerprint density at radius 3 is 2.49 bits per heavy atom. The summed E-state index contributed by atoms with van der Waals surface area (Å²) in [4.78, 5) is 40.0. The van der Waals surface area contributed by atoms with Gasteiger partial charge in [-0.25, -0.2) is 19.2 Å². The summed E-state index contributed by atoms with van der Waals surface area (Å²) in [6.45, 7) is 14.1. The Labute approximate surface area is 296 Å². The molecule has 264 valence electrons. The lowest BCUT2D eigenvalue weighted by atomic mass is 9.78. The first-order chi connectivity index (χ1) is 24.1. The molecule has 2 amide bonds. The zero-order valence-electron chi connectivity index (χ0n) is 29.9. The van der Waals surface area contributed by atoms with Crippen LogP contribution in [-0.2, 0) is 14.0 Å². The van der Waals surface area contributed by atoms with Crippen LogP contribution in [0.2, 0.25) is 0 Å². The monoisotopic (exact) mass is 693 g/mol. The third-order valence-electron chi connectivity index (χ3n) is 9.79.